The monoisotopic (exact) mass is 905 g/mol. The zero-order valence-corrected chi connectivity index (χ0v) is 41.4. The van der Waals surface area contributed by atoms with Crippen molar-refractivity contribution < 1.29 is 38.1 Å². The van der Waals surface area contributed by atoms with Crippen LogP contribution in [0.1, 0.15) is 170 Å². The van der Waals surface area contributed by atoms with Gasteiger partial charge in [0.1, 0.15) is 29.5 Å². The number of pyridine rings is 2. The first-order valence-electron chi connectivity index (χ1n) is 24.6. The van der Waals surface area contributed by atoms with Gasteiger partial charge >= 0.3 is 17.9 Å². The lowest BCUT2D eigenvalue weighted by atomic mass is 9.83. The Morgan fingerprint density at radius 3 is 2.17 bits per heavy atom. The van der Waals surface area contributed by atoms with Crippen LogP contribution in [0.3, 0.4) is 0 Å². The van der Waals surface area contributed by atoms with Crippen molar-refractivity contribution >= 4 is 28.8 Å². The van der Waals surface area contributed by atoms with Gasteiger partial charge in [-0.05, 0) is 131 Å². The molecule has 7 rings (SSSR count). The van der Waals surface area contributed by atoms with Crippen LogP contribution < -0.4 is 19.8 Å². The molecule has 0 fully saturated rings. The number of hydrogen-bond acceptors (Lipinski definition) is 10. The van der Waals surface area contributed by atoms with Crippen LogP contribution in [0.15, 0.2) is 29.1 Å². The third-order valence-electron chi connectivity index (χ3n) is 15.0. The third kappa shape index (κ3) is 9.97. The first kappa shape index (κ1) is 48.9. The van der Waals surface area contributed by atoms with Crippen LogP contribution in [-0.2, 0) is 55.5 Å². The molecule has 0 bridgehead atoms. The van der Waals surface area contributed by atoms with Crippen molar-refractivity contribution in [2.75, 3.05) is 7.11 Å². The average Bonchev–Trinajstić information content (AvgIpc) is 3.65. The maximum atomic E-state index is 13.8. The summed E-state index contributed by atoms with van der Waals surface area (Å²) in [6, 6.07) is 7.08. The van der Waals surface area contributed by atoms with E-state index in [0.717, 1.165) is 82.0 Å². The number of cyclic esters (lactones) is 1. The van der Waals surface area contributed by atoms with Gasteiger partial charge < -0.3 is 28.3 Å². The Morgan fingerprint density at radius 1 is 0.833 bits per heavy atom. The number of hydrogen-bond donors (Lipinski definition) is 0. The molecular formula is C55H72N2O9. The molecule has 11 heteroatoms. The topological polar surface area (TPSA) is 132 Å². The van der Waals surface area contributed by atoms with Gasteiger partial charge in [0.2, 0.25) is 0 Å². The lowest BCUT2D eigenvalue weighted by Gasteiger charge is -2.38. The fraction of sp³-hybridized carbons (Fsp3) is 0.582. The number of benzene rings is 2. The van der Waals surface area contributed by atoms with E-state index in [1.54, 1.807) is 29.7 Å². The number of carbonyl (C=O) groups excluding carboxylic acids is 3. The first-order valence-corrected chi connectivity index (χ1v) is 24.6. The van der Waals surface area contributed by atoms with Gasteiger partial charge in [-0.1, -0.05) is 79.6 Å². The molecule has 3 aliphatic heterocycles. The molecule has 4 atom stereocenters. The van der Waals surface area contributed by atoms with Crippen molar-refractivity contribution in [1.29, 1.82) is 0 Å². The first-order chi connectivity index (χ1) is 31.4. The Hall–Kier alpha value is -5.03. The maximum Gasteiger partial charge on any atom is 0.343 e. The zero-order valence-electron chi connectivity index (χ0n) is 41.4. The van der Waals surface area contributed by atoms with Crippen LogP contribution in [0.5, 0.6) is 17.2 Å². The van der Waals surface area contributed by atoms with Crippen LogP contribution >= 0.6 is 0 Å². The summed E-state index contributed by atoms with van der Waals surface area (Å²) in [6.45, 7) is 21.5. The van der Waals surface area contributed by atoms with Crippen LogP contribution in [0.4, 0.5) is 0 Å². The molecule has 356 valence electrons. The molecule has 2 aromatic heterocycles. The summed E-state index contributed by atoms with van der Waals surface area (Å²) < 4.78 is 31.2. The number of aryl methyl sites for hydroxylation is 1. The molecule has 11 nitrogen and oxygen atoms in total. The molecule has 5 heterocycles. The van der Waals surface area contributed by atoms with Crippen molar-refractivity contribution in [3.63, 3.8) is 0 Å². The molecule has 0 radical (unpaired) electrons. The van der Waals surface area contributed by atoms with Gasteiger partial charge in [0, 0.05) is 29.2 Å². The highest BCUT2D eigenvalue weighted by Gasteiger charge is 2.45. The van der Waals surface area contributed by atoms with Crippen LogP contribution in [0.2, 0.25) is 0 Å². The van der Waals surface area contributed by atoms with Gasteiger partial charge in [-0.25, -0.2) is 9.78 Å². The summed E-state index contributed by atoms with van der Waals surface area (Å²) in [6.07, 6.45) is 13.4. The SMILES string of the molecule is CCc1c2c(nc3ccc(OC(=O)CCC(=O)Oc4c(C)c(C)c5c(c4C)CC[C@@](C)(CCC[C@H](C)CCC[C@H](C)CCCC(C)C)O5)cc13)-c1cc3c(c(=O)n1C2)COC(=O)[C@@]3(C)OC. The minimum atomic E-state index is -1.41. The van der Waals surface area contributed by atoms with E-state index in [-0.39, 0.29) is 30.6 Å². The molecule has 3 aliphatic rings. The van der Waals surface area contributed by atoms with Crippen molar-refractivity contribution in [2.24, 2.45) is 17.8 Å². The summed E-state index contributed by atoms with van der Waals surface area (Å²) in [7, 11) is 1.43. The molecule has 66 heavy (non-hydrogen) atoms. The van der Waals surface area contributed by atoms with Gasteiger partial charge in [0.05, 0.1) is 41.9 Å². The fourth-order valence-electron chi connectivity index (χ4n) is 10.5. The number of aromatic nitrogens is 2. The number of nitrogens with zero attached hydrogens (tertiary/aromatic N) is 2. The normalized spacial score (nSPS) is 19.4. The van der Waals surface area contributed by atoms with Crippen molar-refractivity contribution in [1.82, 2.24) is 9.55 Å². The number of fused-ring (bicyclic) bond motifs is 6. The van der Waals surface area contributed by atoms with Crippen LogP contribution in [-0.4, -0.2) is 40.2 Å². The summed E-state index contributed by atoms with van der Waals surface area (Å²) in [5, 5.41) is 0.804. The minimum Gasteiger partial charge on any atom is -0.487 e. The number of ether oxygens (including phenoxy) is 5. The molecule has 0 amide bonds. The smallest absolute Gasteiger partial charge is 0.343 e. The molecule has 0 saturated heterocycles. The Balaban J connectivity index is 0.939. The summed E-state index contributed by atoms with van der Waals surface area (Å²) in [5.41, 5.74) is 6.65. The zero-order chi connectivity index (χ0) is 47.7. The second-order valence-electron chi connectivity index (χ2n) is 20.4. The Morgan fingerprint density at radius 2 is 1.50 bits per heavy atom. The summed E-state index contributed by atoms with van der Waals surface area (Å²) in [4.78, 5) is 58.0. The van der Waals surface area contributed by atoms with Gasteiger partial charge in [-0.3, -0.25) is 14.4 Å². The predicted molar refractivity (Wildman–Crippen MR) is 257 cm³/mol. The number of carbonyl (C=O) groups is 3. The highest BCUT2D eigenvalue weighted by molar-refractivity contribution is 5.90. The summed E-state index contributed by atoms with van der Waals surface area (Å²) >= 11 is 0. The average molecular weight is 905 g/mol. The number of esters is 3. The minimum absolute atomic E-state index is 0.119. The molecule has 0 unspecified atom stereocenters. The quantitative estimate of drug-likeness (QED) is 0.0582. The second kappa shape index (κ2) is 20.1. The molecule has 0 saturated carbocycles. The van der Waals surface area contributed by atoms with Crippen LogP contribution in [0.25, 0.3) is 22.3 Å². The molecular weight excluding hydrogens is 833 g/mol. The van der Waals surface area contributed by atoms with E-state index in [0.29, 0.717) is 58.4 Å². The van der Waals surface area contributed by atoms with Gasteiger partial charge in [-0.15, -0.1) is 0 Å². The molecule has 4 aromatic rings. The third-order valence-corrected chi connectivity index (χ3v) is 15.0. The van der Waals surface area contributed by atoms with Gasteiger partial charge in [-0.2, -0.15) is 0 Å². The predicted octanol–water partition coefficient (Wildman–Crippen LogP) is 11.6. The highest BCUT2D eigenvalue weighted by Crippen LogP contribution is 2.46. The standard InChI is InChI=1S/C55H72N2O9/c1-12-39-41-28-38(21-22-45(41)56-49-42(39)30-57-46(49)29-44-43(52(57)60)31-63-53(61)55(44,10)62-11)64-47(58)23-24-48(59)65-50-35(6)36(7)51-40(37(50)8)25-27-54(9,66-51)26-15-20-34(5)19-14-18-33(4)17-13-16-32(2)3/h21-22,28-29,32-34H,12-20,23-27,30-31H2,1-11H3/t33-,34-,54-,55+/m1/s1. The van der Waals surface area contributed by atoms with E-state index in [4.69, 9.17) is 28.7 Å². The van der Waals surface area contributed by atoms with Gasteiger partial charge in [0.15, 0.2) is 5.60 Å². The highest BCUT2D eigenvalue weighted by atomic mass is 16.6. The molecule has 0 aliphatic carbocycles. The second-order valence-corrected chi connectivity index (χ2v) is 20.4. The summed E-state index contributed by atoms with van der Waals surface area (Å²) in [5.74, 6) is 2.53. The van der Waals surface area contributed by atoms with E-state index in [2.05, 4.69) is 34.6 Å². The van der Waals surface area contributed by atoms with Crippen molar-refractivity contribution in [3.8, 4) is 28.6 Å². The molecule has 0 N–H and O–H groups in total. The van der Waals surface area contributed by atoms with Crippen molar-refractivity contribution in [2.45, 2.75) is 183 Å². The Labute approximate surface area is 391 Å². The fourth-order valence-corrected chi connectivity index (χ4v) is 10.5. The molecule has 2 aromatic carbocycles. The van der Waals surface area contributed by atoms with E-state index < -0.39 is 23.5 Å². The van der Waals surface area contributed by atoms with E-state index in [9.17, 15) is 19.2 Å². The number of rotatable bonds is 19. The Kier molecular flexibility index (Phi) is 14.9. The maximum absolute atomic E-state index is 13.8. The number of methoxy groups -OCH3 is 1. The Bertz CT molecular complexity index is 2570. The lowest BCUT2D eigenvalue weighted by molar-refractivity contribution is -0.173. The van der Waals surface area contributed by atoms with E-state index in [1.807, 2.05) is 33.8 Å². The van der Waals surface area contributed by atoms with E-state index >= 15 is 0 Å². The van der Waals surface area contributed by atoms with Gasteiger partial charge in [0.25, 0.3) is 5.56 Å². The van der Waals surface area contributed by atoms with E-state index in [1.165, 1.54) is 52.1 Å². The van der Waals surface area contributed by atoms with Crippen LogP contribution in [0, 0.1) is 38.5 Å². The van der Waals surface area contributed by atoms with Crippen molar-refractivity contribution in [3.05, 3.63) is 79.1 Å². The largest absolute Gasteiger partial charge is 0.487 e. The lowest BCUT2D eigenvalue weighted by Crippen LogP contribution is -2.44. The molecule has 0 spiro atoms.